The molecule has 1 aliphatic carbocycles. The molecule has 0 saturated heterocycles. The van der Waals surface area contributed by atoms with Crippen molar-refractivity contribution in [3.63, 3.8) is 0 Å². The molecule has 6 nitrogen and oxygen atoms in total. The number of carbonyl (C=O) groups excluding carboxylic acids is 1. The number of fused-ring (bicyclic) bond motifs is 1. The van der Waals surface area contributed by atoms with Crippen LogP contribution in [0.4, 0.5) is 13.2 Å². The Hall–Kier alpha value is -2.29. The van der Waals surface area contributed by atoms with Gasteiger partial charge >= 0.3 is 11.9 Å². The Balaban J connectivity index is 2.18. The van der Waals surface area contributed by atoms with E-state index < -0.39 is 23.2 Å². The third-order valence-electron chi connectivity index (χ3n) is 4.57. The highest BCUT2D eigenvalue weighted by Crippen LogP contribution is 2.39. The fourth-order valence-electron chi connectivity index (χ4n) is 3.18. The van der Waals surface area contributed by atoms with Crippen molar-refractivity contribution in [3.05, 3.63) is 33.7 Å². The zero-order valence-corrected chi connectivity index (χ0v) is 14.3. The van der Waals surface area contributed by atoms with Crippen molar-refractivity contribution in [2.45, 2.75) is 44.4 Å². The molecule has 1 aromatic heterocycles. The number of amides is 1. The fraction of sp³-hybridized carbons (Fsp3) is 0.529. The monoisotopic (exact) mass is 371 g/mol. The molecular weight excluding hydrogens is 351 g/mol. The summed E-state index contributed by atoms with van der Waals surface area (Å²) in [4.78, 5) is 24.3. The predicted octanol–water partition coefficient (Wildman–Crippen LogP) is 2.68. The van der Waals surface area contributed by atoms with E-state index in [-0.39, 0.29) is 17.2 Å². The summed E-state index contributed by atoms with van der Waals surface area (Å²) < 4.78 is 47.9. The van der Waals surface area contributed by atoms with Gasteiger partial charge in [-0.05, 0) is 37.8 Å². The normalized spacial score (nSPS) is 14.9. The molecule has 0 bridgehead atoms. The van der Waals surface area contributed by atoms with Crippen LogP contribution in [0.2, 0.25) is 0 Å². The van der Waals surface area contributed by atoms with Crippen molar-refractivity contribution in [3.8, 4) is 0 Å². The minimum atomic E-state index is -4.73. The van der Waals surface area contributed by atoms with E-state index in [4.69, 9.17) is 10.5 Å². The molecule has 1 amide bonds. The van der Waals surface area contributed by atoms with Gasteiger partial charge in [0, 0.05) is 26.3 Å². The number of imidazole rings is 1. The van der Waals surface area contributed by atoms with Crippen LogP contribution in [0.1, 0.15) is 47.6 Å². The number of carbonyl (C=O) groups is 1. The number of aromatic nitrogens is 2. The first-order valence-corrected chi connectivity index (χ1v) is 8.40. The second kappa shape index (κ2) is 6.79. The maximum Gasteiger partial charge on any atom is 0.417 e. The van der Waals surface area contributed by atoms with Gasteiger partial charge in [0.05, 0.1) is 22.2 Å². The van der Waals surface area contributed by atoms with Crippen LogP contribution in [0.15, 0.2) is 16.9 Å². The standard InChI is InChI=1S/C17H20F3N3O3/c1-26-7-3-2-6-22-13-8-11(15(21)24)12(17(18,19)20)9-14(13)23(16(22)25)10-4-5-10/h8-10H,2-7H2,1H3,(H2,21,24). The summed E-state index contributed by atoms with van der Waals surface area (Å²) in [7, 11) is 1.57. The molecular formula is C17H20F3N3O3. The van der Waals surface area contributed by atoms with Gasteiger partial charge in [-0.2, -0.15) is 13.2 Å². The topological polar surface area (TPSA) is 79.2 Å². The Morgan fingerprint density at radius 1 is 1.27 bits per heavy atom. The number of methoxy groups -OCH3 is 1. The molecule has 0 spiro atoms. The van der Waals surface area contributed by atoms with E-state index in [1.165, 1.54) is 9.13 Å². The van der Waals surface area contributed by atoms with Crippen LogP contribution in [-0.2, 0) is 17.5 Å². The van der Waals surface area contributed by atoms with Crippen LogP contribution in [0, 0.1) is 0 Å². The Kier molecular flexibility index (Phi) is 4.83. The number of aryl methyl sites for hydroxylation is 1. The third kappa shape index (κ3) is 3.35. The molecule has 1 heterocycles. The minimum absolute atomic E-state index is 0.0919. The highest BCUT2D eigenvalue weighted by molar-refractivity contribution is 5.98. The van der Waals surface area contributed by atoms with Gasteiger partial charge in [0.15, 0.2) is 0 Å². The van der Waals surface area contributed by atoms with Gasteiger partial charge in [0.25, 0.3) is 0 Å². The molecule has 3 rings (SSSR count). The second-order valence-electron chi connectivity index (χ2n) is 6.48. The van der Waals surface area contributed by atoms with E-state index in [2.05, 4.69) is 0 Å². The maximum atomic E-state index is 13.4. The largest absolute Gasteiger partial charge is 0.417 e. The summed E-state index contributed by atoms with van der Waals surface area (Å²) >= 11 is 0. The molecule has 1 aliphatic rings. The quantitative estimate of drug-likeness (QED) is 0.760. The number of primary amides is 1. The lowest BCUT2D eigenvalue weighted by Gasteiger charge is -2.12. The van der Waals surface area contributed by atoms with Crippen molar-refractivity contribution in [1.82, 2.24) is 9.13 Å². The number of nitrogens with zero attached hydrogens (tertiary/aromatic N) is 2. The van der Waals surface area contributed by atoms with E-state index in [9.17, 15) is 22.8 Å². The average Bonchev–Trinajstić information content (AvgIpc) is 3.35. The molecule has 2 N–H and O–H groups in total. The van der Waals surface area contributed by atoms with Crippen molar-refractivity contribution in [2.75, 3.05) is 13.7 Å². The molecule has 1 saturated carbocycles. The lowest BCUT2D eigenvalue weighted by Crippen LogP contribution is -2.24. The number of hydrogen-bond acceptors (Lipinski definition) is 3. The molecule has 26 heavy (non-hydrogen) atoms. The van der Waals surface area contributed by atoms with Gasteiger partial charge < -0.3 is 10.5 Å². The number of alkyl halides is 3. The van der Waals surface area contributed by atoms with Crippen molar-refractivity contribution in [1.29, 1.82) is 0 Å². The summed E-state index contributed by atoms with van der Waals surface area (Å²) in [6.07, 6.45) is -1.89. The number of ether oxygens (including phenoxy) is 1. The summed E-state index contributed by atoms with van der Waals surface area (Å²) in [5.41, 5.74) is 3.58. The van der Waals surface area contributed by atoms with Crippen LogP contribution in [0.3, 0.4) is 0 Å². The van der Waals surface area contributed by atoms with E-state index in [0.29, 0.717) is 31.5 Å². The highest BCUT2D eigenvalue weighted by Gasteiger charge is 2.37. The Labute approximate surface area is 147 Å². The van der Waals surface area contributed by atoms with Crippen LogP contribution in [0.5, 0.6) is 0 Å². The smallest absolute Gasteiger partial charge is 0.385 e. The first-order chi connectivity index (χ1) is 12.3. The number of hydrogen-bond donors (Lipinski definition) is 1. The lowest BCUT2D eigenvalue weighted by atomic mass is 10.0. The van der Waals surface area contributed by atoms with Crippen LogP contribution < -0.4 is 11.4 Å². The first kappa shape index (κ1) is 18.5. The Morgan fingerprint density at radius 2 is 1.96 bits per heavy atom. The summed E-state index contributed by atoms with van der Waals surface area (Å²) in [5, 5.41) is 0. The SMILES string of the molecule is COCCCCn1c(=O)n(C2CC2)c2cc(C(F)(F)F)c(C(N)=O)cc21. The Morgan fingerprint density at radius 3 is 2.50 bits per heavy atom. The number of rotatable bonds is 7. The zero-order valence-electron chi connectivity index (χ0n) is 14.3. The van der Waals surface area contributed by atoms with E-state index >= 15 is 0 Å². The second-order valence-corrected chi connectivity index (χ2v) is 6.48. The number of benzene rings is 1. The Bertz CT molecular complexity index is 895. The lowest BCUT2D eigenvalue weighted by molar-refractivity contribution is -0.137. The predicted molar refractivity (Wildman–Crippen MR) is 89.1 cm³/mol. The molecule has 1 fully saturated rings. The zero-order chi connectivity index (χ0) is 19.1. The molecule has 9 heteroatoms. The van der Waals surface area contributed by atoms with E-state index in [1.54, 1.807) is 7.11 Å². The van der Waals surface area contributed by atoms with Gasteiger partial charge in [0.1, 0.15) is 0 Å². The number of unbranched alkanes of at least 4 members (excludes halogenated alkanes) is 1. The van der Waals surface area contributed by atoms with Crippen molar-refractivity contribution >= 4 is 16.9 Å². The van der Waals surface area contributed by atoms with Crippen molar-refractivity contribution < 1.29 is 22.7 Å². The number of nitrogens with two attached hydrogens (primary N) is 1. The molecule has 0 unspecified atom stereocenters. The molecule has 0 radical (unpaired) electrons. The maximum absolute atomic E-state index is 13.4. The molecule has 2 aromatic rings. The summed E-state index contributed by atoms with van der Waals surface area (Å²) in [5.74, 6) is -1.17. The van der Waals surface area contributed by atoms with E-state index in [0.717, 1.165) is 25.0 Å². The van der Waals surface area contributed by atoms with Gasteiger partial charge in [-0.3, -0.25) is 13.9 Å². The molecule has 142 valence electrons. The van der Waals surface area contributed by atoms with E-state index in [1.807, 2.05) is 0 Å². The van der Waals surface area contributed by atoms with Crippen LogP contribution >= 0.6 is 0 Å². The van der Waals surface area contributed by atoms with Gasteiger partial charge in [-0.15, -0.1) is 0 Å². The van der Waals surface area contributed by atoms with Crippen LogP contribution in [-0.4, -0.2) is 28.8 Å². The van der Waals surface area contributed by atoms with Gasteiger partial charge in [-0.1, -0.05) is 0 Å². The minimum Gasteiger partial charge on any atom is -0.385 e. The fourth-order valence-corrected chi connectivity index (χ4v) is 3.18. The average molecular weight is 371 g/mol. The van der Waals surface area contributed by atoms with Crippen LogP contribution in [0.25, 0.3) is 11.0 Å². The molecule has 0 atom stereocenters. The van der Waals surface area contributed by atoms with Crippen molar-refractivity contribution in [2.24, 2.45) is 5.73 Å². The van der Waals surface area contributed by atoms with Gasteiger partial charge in [0.2, 0.25) is 5.91 Å². The summed E-state index contributed by atoms with van der Waals surface area (Å²) in [6, 6.07) is 1.88. The highest BCUT2D eigenvalue weighted by atomic mass is 19.4. The number of halogens is 3. The molecule has 1 aromatic carbocycles. The summed E-state index contributed by atoms with van der Waals surface area (Å²) in [6.45, 7) is 0.864. The molecule has 0 aliphatic heterocycles. The van der Waals surface area contributed by atoms with Gasteiger partial charge in [-0.25, -0.2) is 4.79 Å². The first-order valence-electron chi connectivity index (χ1n) is 8.40. The third-order valence-corrected chi connectivity index (χ3v) is 4.57.